The molecule has 0 bridgehead atoms. The maximum Gasteiger partial charge on any atom is 0.0791 e. The normalized spacial score (nSPS) is 13.8. The van der Waals surface area contributed by atoms with Gasteiger partial charge < -0.3 is 9.84 Å². The van der Waals surface area contributed by atoms with Crippen LogP contribution in [0.15, 0.2) is 18.2 Å². The first kappa shape index (κ1) is 14.8. The van der Waals surface area contributed by atoms with Crippen LogP contribution in [-0.2, 0) is 4.74 Å². The second-order valence-corrected chi connectivity index (χ2v) is 5.51. The number of halogens is 2. The third-order valence-corrected chi connectivity index (χ3v) is 3.64. The molecule has 0 aliphatic carbocycles. The lowest BCUT2D eigenvalue weighted by molar-refractivity contribution is 0.00279. The van der Waals surface area contributed by atoms with Gasteiger partial charge in [-0.3, -0.25) is 0 Å². The summed E-state index contributed by atoms with van der Waals surface area (Å²) >= 11 is 11.7. The molecule has 0 aliphatic heterocycles. The molecule has 0 saturated carbocycles. The van der Waals surface area contributed by atoms with Crippen LogP contribution < -0.4 is 0 Å². The summed E-state index contributed by atoms with van der Waals surface area (Å²) in [5, 5.41) is 11.0. The number of hydrogen-bond donors (Lipinski definition) is 1. The summed E-state index contributed by atoms with van der Waals surface area (Å²) in [7, 11) is 1.67. The Morgan fingerprint density at radius 1 is 1.29 bits per heavy atom. The van der Waals surface area contributed by atoms with Crippen LogP contribution in [0.4, 0.5) is 0 Å². The lowest BCUT2D eigenvalue weighted by Gasteiger charge is -2.24. The van der Waals surface area contributed by atoms with Crippen molar-refractivity contribution in [3.8, 4) is 0 Å². The predicted molar refractivity (Wildman–Crippen MR) is 71.7 cm³/mol. The molecule has 0 saturated heterocycles. The third-order valence-electron chi connectivity index (χ3n) is 2.90. The van der Waals surface area contributed by atoms with Gasteiger partial charge in [0.05, 0.1) is 21.8 Å². The summed E-state index contributed by atoms with van der Waals surface area (Å²) in [6.45, 7) is 3.99. The lowest BCUT2D eigenvalue weighted by Crippen LogP contribution is -2.23. The molecule has 1 rings (SSSR count). The molecular weight excluding hydrogens is 259 g/mol. The van der Waals surface area contributed by atoms with Crippen LogP contribution in [0.25, 0.3) is 0 Å². The van der Waals surface area contributed by atoms with Gasteiger partial charge in [-0.25, -0.2) is 0 Å². The van der Waals surface area contributed by atoms with Crippen LogP contribution in [0.1, 0.15) is 38.4 Å². The standard InChI is InChI=1S/C13H18Cl2O2/c1-13(2,17-3)7-6-12(16)9-4-5-10(14)11(15)8-9/h4-5,8,12,16H,6-7H2,1-3H3. The molecule has 1 aromatic carbocycles. The number of ether oxygens (including phenoxy) is 1. The van der Waals surface area contributed by atoms with Crippen molar-refractivity contribution in [1.82, 2.24) is 0 Å². The predicted octanol–water partition coefficient (Wildman–Crippen LogP) is 4.23. The van der Waals surface area contributed by atoms with Gasteiger partial charge in [0.25, 0.3) is 0 Å². The van der Waals surface area contributed by atoms with E-state index in [9.17, 15) is 5.11 Å². The van der Waals surface area contributed by atoms with Gasteiger partial charge in [-0.2, -0.15) is 0 Å². The highest BCUT2D eigenvalue weighted by Gasteiger charge is 2.19. The number of benzene rings is 1. The Labute approximate surface area is 113 Å². The minimum Gasteiger partial charge on any atom is -0.388 e. The zero-order valence-corrected chi connectivity index (χ0v) is 11.8. The first-order valence-electron chi connectivity index (χ1n) is 5.54. The molecule has 96 valence electrons. The van der Waals surface area contributed by atoms with E-state index < -0.39 is 6.10 Å². The fourth-order valence-electron chi connectivity index (χ4n) is 1.47. The minimum atomic E-state index is -0.542. The van der Waals surface area contributed by atoms with Gasteiger partial charge in [-0.05, 0) is 44.4 Å². The second kappa shape index (κ2) is 6.05. The summed E-state index contributed by atoms with van der Waals surface area (Å²) in [5.74, 6) is 0. The molecule has 2 nitrogen and oxygen atoms in total. The molecule has 1 unspecified atom stereocenters. The summed E-state index contributed by atoms with van der Waals surface area (Å²) in [4.78, 5) is 0. The molecule has 0 fully saturated rings. The molecule has 1 atom stereocenters. The molecule has 0 heterocycles. The maximum absolute atomic E-state index is 10.0. The number of aliphatic hydroxyl groups is 1. The molecule has 1 aromatic rings. The van der Waals surface area contributed by atoms with Crippen molar-refractivity contribution in [2.45, 2.75) is 38.4 Å². The highest BCUT2D eigenvalue weighted by atomic mass is 35.5. The SMILES string of the molecule is COC(C)(C)CCC(O)c1ccc(Cl)c(Cl)c1. The van der Waals surface area contributed by atoms with Gasteiger partial charge in [-0.15, -0.1) is 0 Å². The van der Waals surface area contributed by atoms with E-state index in [1.807, 2.05) is 13.8 Å². The van der Waals surface area contributed by atoms with Gasteiger partial charge >= 0.3 is 0 Å². The Morgan fingerprint density at radius 3 is 2.47 bits per heavy atom. The van der Waals surface area contributed by atoms with Crippen LogP contribution >= 0.6 is 23.2 Å². The zero-order chi connectivity index (χ0) is 13.1. The summed E-state index contributed by atoms with van der Waals surface area (Å²) < 4.78 is 5.31. The second-order valence-electron chi connectivity index (χ2n) is 4.69. The smallest absolute Gasteiger partial charge is 0.0791 e. The van der Waals surface area contributed by atoms with Crippen molar-refractivity contribution >= 4 is 23.2 Å². The van der Waals surface area contributed by atoms with Crippen molar-refractivity contribution in [2.24, 2.45) is 0 Å². The van der Waals surface area contributed by atoms with E-state index in [1.165, 1.54) is 0 Å². The monoisotopic (exact) mass is 276 g/mol. The number of hydrogen-bond acceptors (Lipinski definition) is 2. The van der Waals surface area contributed by atoms with Crippen LogP contribution in [-0.4, -0.2) is 17.8 Å². The average molecular weight is 277 g/mol. The fourth-order valence-corrected chi connectivity index (χ4v) is 1.78. The quantitative estimate of drug-likeness (QED) is 0.872. The molecule has 1 N–H and O–H groups in total. The van der Waals surface area contributed by atoms with E-state index >= 15 is 0 Å². The van der Waals surface area contributed by atoms with Crippen molar-refractivity contribution in [1.29, 1.82) is 0 Å². The van der Waals surface area contributed by atoms with Crippen molar-refractivity contribution < 1.29 is 9.84 Å². The Morgan fingerprint density at radius 2 is 1.94 bits per heavy atom. The van der Waals surface area contributed by atoms with Gasteiger partial charge in [0.2, 0.25) is 0 Å². The van der Waals surface area contributed by atoms with E-state index in [0.717, 1.165) is 12.0 Å². The molecule has 4 heteroatoms. The summed E-state index contributed by atoms with van der Waals surface area (Å²) in [6.07, 6.45) is 0.850. The van der Waals surface area contributed by atoms with E-state index in [0.29, 0.717) is 16.5 Å². The molecule has 17 heavy (non-hydrogen) atoms. The fraction of sp³-hybridized carbons (Fsp3) is 0.538. The highest BCUT2D eigenvalue weighted by Crippen LogP contribution is 2.29. The number of aliphatic hydroxyl groups excluding tert-OH is 1. The number of methoxy groups -OCH3 is 1. The summed E-state index contributed by atoms with van der Waals surface area (Å²) in [6, 6.07) is 5.19. The Hall–Kier alpha value is -0.280. The van der Waals surface area contributed by atoms with Crippen molar-refractivity contribution in [3.05, 3.63) is 33.8 Å². The van der Waals surface area contributed by atoms with Crippen LogP contribution in [0, 0.1) is 0 Å². The van der Waals surface area contributed by atoms with Crippen LogP contribution in [0.3, 0.4) is 0 Å². The highest BCUT2D eigenvalue weighted by molar-refractivity contribution is 6.42. The zero-order valence-electron chi connectivity index (χ0n) is 10.3. The molecule has 0 radical (unpaired) electrons. The maximum atomic E-state index is 10.0. The van der Waals surface area contributed by atoms with E-state index in [4.69, 9.17) is 27.9 Å². The molecular formula is C13H18Cl2O2. The first-order valence-corrected chi connectivity index (χ1v) is 6.29. The van der Waals surface area contributed by atoms with E-state index in [1.54, 1.807) is 25.3 Å². The largest absolute Gasteiger partial charge is 0.388 e. The Kier molecular flexibility index (Phi) is 5.26. The number of rotatable bonds is 5. The summed E-state index contributed by atoms with van der Waals surface area (Å²) in [5.41, 5.74) is 0.559. The van der Waals surface area contributed by atoms with Gasteiger partial charge in [-0.1, -0.05) is 29.3 Å². The lowest BCUT2D eigenvalue weighted by atomic mass is 9.97. The van der Waals surface area contributed by atoms with E-state index in [-0.39, 0.29) is 5.60 Å². The van der Waals surface area contributed by atoms with Gasteiger partial charge in [0, 0.05) is 7.11 Å². The van der Waals surface area contributed by atoms with Gasteiger partial charge in [0.1, 0.15) is 0 Å². The first-order chi connectivity index (χ1) is 7.85. The Balaban J connectivity index is 2.64. The molecule has 0 spiro atoms. The molecule has 0 amide bonds. The molecule has 0 aromatic heterocycles. The van der Waals surface area contributed by atoms with Crippen LogP contribution in [0.2, 0.25) is 10.0 Å². The minimum absolute atomic E-state index is 0.225. The van der Waals surface area contributed by atoms with Crippen molar-refractivity contribution in [3.63, 3.8) is 0 Å². The Bertz CT molecular complexity index is 378. The topological polar surface area (TPSA) is 29.5 Å². The molecule has 0 aliphatic rings. The third kappa shape index (κ3) is 4.47. The van der Waals surface area contributed by atoms with Crippen molar-refractivity contribution in [2.75, 3.05) is 7.11 Å². The van der Waals surface area contributed by atoms with Gasteiger partial charge in [0.15, 0.2) is 0 Å². The van der Waals surface area contributed by atoms with E-state index in [2.05, 4.69) is 0 Å². The average Bonchev–Trinajstić information content (AvgIpc) is 2.30. The van der Waals surface area contributed by atoms with Crippen LogP contribution in [0.5, 0.6) is 0 Å².